The molecule has 0 aliphatic rings. The largest absolute Gasteiger partial charge is 0.455 e. The van der Waals surface area contributed by atoms with Crippen molar-refractivity contribution in [3.05, 3.63) is 200 Å². The summed E-state index contributed by atoms with van der Waals surface area (Å²) in [5.74, 6) is 0. The van der Waals surface area contributed by atoms with Gasteiger partial charge in [0.1, 0.15) is 11.2 Å². The summed E-state index contributed by atoms with van der Waals surface area (Å²) in [7, 11) is 0. The summed E-state index contributed by atoms with van der Waals surface area (Å²) in [6.07, 6.45) is 0. The zero-order valence-electron chi connectivity index (χ0n) is 28.4. The third-order valence-electron chi connectivity index (χ3n) is 10.2. The lowest BCUT2D eigenvalue weighted by molar-refractivity contribution is 0.673. The van der Waals surface area contributed by atoms with Crippen LogP contribution in [0.5, 0.6) is 0 Å². The molecular weight excluding hydrogens is 631 g/mol. The molecule has 0 bridgehead atoms. The lowest BCUT2D eigenvalue weighted by Crippen LogP contribution is -2.10. The van der Waals surface area contributed by atoms with Crippen molar-refractivity contribution in [3.63, 3.8) is 0 Å². The molecule has 0 saturated carbocycles. The van der Waals surface area contributed by atoms with E-state index < -0.39 is 0 Å². The number of anilines is 3. The van der Waals surface area contributed by atoms with E-state index in [-0.39, 0.29) is 0 Å². The van der Waals surface area contributed by atoms with Crippen LogP contribution in [0.4, 0.5) is 17.1 Å². The Balaban J connectivity index is 1.11. The van der Waals surface area contributed by atoms with E-state index in [9.17, 15) is 0 Å². The van der Waals surface area contributed by atoms with Crippen molar-refractivity contribution in [3.8, 4) is 33.4 Å². The molecule has 0 aliphatic heterocycles. The van der Waals surface area contributed by atoms with Crippen LogP contribution in [-0.2, 0) is 0 Å². The first-order valence-electron chi connectivity index (χ1n) is 17.8. The molecule has 0 N–H and O–H groups in total. The number of nitrogens with zero attached hydrogens (tertiary/aromatic N) is 1. The molecule has 0 aliphatic carbocycles. The molecule has 2 heteroatoms. The van der Waals surface area contributed by atoms with Gasteiger partial charge in [0, 0.05) is 33.2 Å². The number of rotatable bonds is 6. The smallest absolute Gasteiger partial charge is 0.143 e. The number of fused-ring (bicyclic) bond motifs is 6. The van der Waals surface area contributed by atoms with Crippen molar-refractivity contribution in [2.45, 2.75) is 0 Å². The average molecular weight is 664 g/mol. The summed E-state index contributed by atoms with van der Waals surface area (Å²) in [4.78, 5) is 2.37. The average Bonchev–Trinajstić information content (AvgIpc) is 3.61. The highest BCUT2D eigenvalue weighted by molar-refractivity contribution is 6.19. The van der Waals surface area contributed by atoms with E-state index in [1.807, 2.05) is 0 Å². The van der Waals surface area contributed by atoms with E-state index in [1.165, 1.54) is 38.4 Å². The van der Waals surface area contributed by atoms with Crippen molar-refractivity contribution in [2.24, 2.45) is 0 Å². The van der Waals surface area contributed by atoms with Crippen LogP contribution >= 0.6 is 0 Å². The van der Waals surface area contributed by atoms with Crippen molar-refractivity contribution in [1.82, 2.24) is 0 Å². The van der Waals surface area contributed by atoms with Gasteiger partial charge in [-0.25, -0.2) is 0 Å². The lowest BCUT2D eigenvalue weighted by atomic mass is 9.97. The first-order chi connectivity index (χ1) is 25.8. The maximum atomic E-state index is 6.52. The fourth-order valence-electron chi connectivity index (χ4n) is 7.78. The Morgan fingerprint density at radius 1 is 0.327 bits per heavy atom. The molecule has 10 rings (SSSR count). The maximum Gasteiger partial charge on any atom is 0.143 e. The van der Waals surface area contributed by atoms with Crippen LogP contribution in [-0.4, -0.2) is 0 Å². The van der Waals surface area contributed by atoms with Crippen LogP contribution in [0.2, 0.25) is 0 Å². The van der Waals surface area contributed by atoms with Crippen molar-refractivity contribution in [1.29, 1.82) is 0 Å². The van der Waals surface area contributed by atoms with Gasteiger partial charge in [0.05, 0.1) is 0 Å². The minimum atomic E-state index is 0.900. The lowest BCUT2D eigenvalue weighted by Gasteiger charge is -2.27. The van der Waals surface area contributed by atoms with E-state index in [0.717, 1.165) is 55.5 Å². The monoisotopic (exact) mass is 663 g/mol. The summed E-state index contributed by atoms with van der Waals surface area (Å²) in [5, 5.41) is 7.08. The van der Waals surface area contributed by atoms with Gasteiger partial charge in [-0.15, -0.1) is 0 Å². The van der Waals surface area contributed by atoms with Gasteiger partial charge in [-0.3, -0.25) is 0 Å². The Morgan fingerprint density at radius 3 is 1.73 bits per heavy atom. The molecule has 0 fully saturated rings. The second-order valence-corrected chi connectivity index (χ2v) is 13.3. The third-order valence-corrected chi connectivity index (χ3v) is 10.2. The van der Waals surface area contributed by atoms with Gasteiger partial charge in [-0.2, -0.15) is 0 Å². The second kappa shape index (κ2) is 12.5. The molecule has 52 heavy (non-hydrogen) atoms. The number of furan rings is 1. The SMILES string of the molecule is c1ccc(-c2cccc(N(c3ccc(-c4cccc5oc6c7ccccc7ccc6c45)cc3)c3cccc(-c4cccc5ccccc45)c3)c2)cc1. The highest BCUT2D eigenvalue weighted by Crippen LogP contribution is 2.42. The molecule has 1 heterocycles. The third kappa shape index (κ3) is 5.12. The second-order valence-electron chi connectivity index (χ2n) is 13.3. The number of benzene rings is 9. The van der Waals surface area contributed by atoms with E-state index in [0.29, 0.717) is 0 Å². The first kappa shape index (κ1) is 30.0. The Morgan fingerprint density at radius 2 is 0.923 bits per heavy atom. The molecule has 1 aromatic heterocycles. The number of hydrogen-bond donors (Lipinski definition) is 0. The Kier molecular flexibility index (Phi) is 7.18. The highest BCUT2D eigenvalue weighted by Gasteiger charge is 2.18. The van der Waals surface area contributed by atoms with Gasteiger partial charge in [0.15, 0.2) is 0 Å². The standard InChI is InChI=1S/C50H33NO/c1-2-12-34(13-3-1)38-17-8-19-41(32-38)51(42-20-9-18-39(33-42)44-23-10-16-35-14-4-6-21-43(35)44)40-29-26-37(27-30-40)45-24-11-25-48-49(45)47-31-28-36-15-5-7-22-46(36)50(47)52-48/h1-33H. The topological polar surface area (TPSA) is 16.4 Å². The summed E-state index contributed by atoms with van der Waals surface area (Å²) in [6, 6.07) is 71.7. The molecule has 244 valence electrons. The van der Waals surface area contributed by atoms with E-state index >= 15 is 0 Å². The van der Waals surface area contributed by atoms with Crippen molar-refractivity contribution < 1.29 is 4.42 Å². The van der Waals surface area contributed by atoms with Gasteiger partial charge in [0.25, 0.3) is 0 Å². The normalized spacial score (nSPS) is 11.5. The van der Waals surface area contributed by atoms with Crippen LogP contribution in [0.3, 0.4) is 0 Å². The highest BCUT2D eigenvalue weighted by atomic mass is 16.3. The van der Waals surface area contributed by atoms with Gasteiger partial charge in [-0.05, 0) is 98.1 Å². The summed E-state index contributed by atoms with van der Waals surface area (Å²) < 4.78 is 6.52. The van der Waals surface area contributed by atoms with E-state index in [1.54, 1.807) is 0 Å². The fraction of sp³-hybridized carbons (Fsp3) is 0. The predicted octanol–water partition coefficient (Wildman–Crippen LogP) is 14.4. The fourth-order valence-corrected chi connectivity index (χ4v) is 7.78. The van der Waals surface area contributed by atoms with Crippen LogP contribution < -0.4 is 4.90 Å². The van der Waals surface area contributed by atoms with Gasteiger partial charge >= 0.3 is 0 Å². The maximum absolute atomic E-state index is 6.52. The molecule has 0 radical (unpaired) electrons. The van der Waals surface area contributed by atoms with Gasteiger partial charge in [0.2, 0.25) is 0 Å². The van der Waals surface area contributed by atoms with Gasteiger partial charge < -0.3 is 9.32 Å². The molecule has 0 amide bonds. The molecule has 0 atom stereocenters. The molecule has 10 aromatic rings. The van der Waals surface area contributed by atoms with Crippen molar-refractivity contribution in [2.75, 3.05) is 4.90 Å². The first-order valence-corrected chi connectivity index (χ1v) is 17.8. The molecule has 0 saturated heterocycles. The summed E-state index contributed by atoms with van der Waals surface area (Å²) in [5.41, 5.74) is 12.2. The van der Waals surface area contributed by atoms with Crippen LogP contribution in [0.25, 0.3) is 76.9 Å². The van der Waals surface area contributed by atoms with E-state index in [4.69, 9.17) is 4.42 Å². The molecule has 0 spiro atoms. The Hall–Kier alpha value is -6.90. The molecular formula is C50H33NO. The zero-order valence-corrected chi connectivity index (χ0v) is 28.4. The summed E-state index contributed by atoms with van der Waals surface area (Å²) in [6.45, 7) is 0. The minimum absolute atomic E-state index is 0.900. The quantitative estimate of drug-likeness (QED) is 0.176. The van der Waals surface area contributed by atoms with Crippen LogP contribution in [0, 0.1) is 0 Å². The minimum Gasteiger partial charge on any atom is -0.455 e. The molecule has 2 nitrogen and oxygen atoms in total. The van der Waals surface area contributed by atoms with Crippen LogP contribution in [0.1, 0.15) is 0 Å². The molecule has 9 aromatic carbocycles. The summed E-state index contributed by atoms with van der Waals surface area (Å²) >= 11 is 0. The van der Waals surface area contributed by atoms with E-state index in [2.05, 4.69) is 205 Å². The van der Waals surface area contributed by atoms with Crippen molar-refractivity contribution >= 4 is 60.5 Å². The Labute approximate surface area is 302 Å². The Bertz CT molecular complexity index is 2900. The number of hydrogen-bond acceptors (Lipinski definition) is 2. The van der Waals surface area contributed by atoms with Crippen LogP contribution in [0.15, 0.2) is 205 Å². The predicted molar refractivity (Wildman–Crippen MR) is 220 cm³/mol. The molecule has 0 unspecified atom stereocenters. The zero-order chi connectivity index (χ0) is 34.4. The van der Waals surface area contributed by atoms with Gasteiger partial charge in [-0.1, -0.05) is 152 Å².